The summed E-state index contributed by atoms with van der Waals surface area (Å²) in [6.45, 7) is 3.77. The van der Waals surface area contributed by atoms with Crippen LogP contribution in [0.25, 0.3) is 0 Å². The van der Waals surface area contributed by atoms with E-state index in [0.29, 0.717) is 22.4 Å². The molecule has 1 unspecified atom stereocenters. The zero-order chi connectivity index (χ0) is 20.7. The van der Waals surface area contributed by atoms with Gasteiger partial charge in [-0.2, -0.15) is 5.10 Å². The highest BCUT2D eigenvalue weighted by Crippen LogP contribution is 2.29. The molecule has 0 aliphatic carbocycles. The molecule has 1 aliphatic heterocycles. The van der Waals surface area contributed by atoms with E-state index in [1.54, 1.807) is 53.2 Å². The number of anilines is 1. The molecule has 0 radical (unpaired) electrons. The van der Waals surface area contributed by atoms with Gasteiger partial charge in [-0.25, -0.2) is 4.90 Å². The molecule has 1 aromatic heterocycles. The van der Waals surface area contributed by atoms with Gasteiger partial charge in [0.25, 0.3) is 17.7 Å². The van der Waals surface area contributed by atoms with Gasteiger partial charge in [-0.3, -0.25) is 19.1 Å². The molecule has 4 rings (SSSR count). The first kappa shape index (κ1) is 18.6. The third kappa shape index (κ3) is 3.20. The Morgan fingerprint density at radius 2 is 1.69 bits per heavy atom. The van der Waals surface area contributed by atoms with Gasteiger partial charge in [-0.1, -0.05) is 18.2 Å². The lowest BCUT2D eigenvalue weighted by molar-refractivity contribution is 0.0916. The summed E-state index contributed by atoms with van der Waals surface area (Å²) in [5, 5.41) is 7.24. The number of nitrogens with zero attached hydrogens (tertiary/aromatic N) is 3. The number of aryl methyl sites for hydroxylation is 2. The highest BCUT2D eigenvalue weighted by molar-refractivity contribution is 6.34. The van der Waals surface area contributed by atoms with E-state index >= 15 is 0 Å². The van der Waals surface area contributed by atoms with Crippen LogP contribution in [0.5, 0.6) is 0 Å². The standard InChI is InChI=1S/C22H20N4O3/c1-13(19-12-25(3)24-14(19)2)23-20(27)15-7-6-8-16(11-15)26-21(28)17-9-4-5-10-18(17)22(26)29/h4-13H,1-3H3,(H,23,27). The topological polar surface area (TPSA) is 84.3 Å². The van der Waals surface area contributed by atoms with Crippen molar-refractivity contribution in [2.24, 2.45) is 7.05 Å². The Hall–Kier alpha value is -3.74. The quantitative estimate of drug-likeness (QED) is 0.697. The number of imide groups is 1. The van der Waals surface area contributed by atoms with Crippen molar-refractivity contribution in [2.45, 2.75) is 19.9 Å². The van der Waals surface area contributed by atoms with Crippen molar-refractivity contribution in [3.8, 4) is 0 Å². The van der Waals surface area contributed by atoms with Crippen LogP contribution in [-0.4, -0.2) is 27.5 Å². The van der Waals surface area contributed by atoms with Crippen LogP contribution in [0.3, 0.4) is 0 Å². The van der Waals surface area contributed by atoms with Gasteiger partial charge < -0.3 is 5.32 Å². The van der Waals surface area contributed by atoms with Crippen LogP contribution >= 0.6 is 0 Å². The number of hydrogen-bond donors (Lipinski definition) is 1. The fraction of sp³-hybridized carbons (Fsp3) is 0.182. The van der Waals surface area contributed by atoms with Crippen molar-refractivity contribution in [1.29, 1.82) is 0 Å². The fourth-order valence-electron chi connectivity index (χ4n) is 3.61. The van der Waals surface area contributed by atoms with E-state index in [1.807, 2.05) is 27.1 Å². The smallest absolute Gasteiger partial charge is 0.266 e. The summed E-state index contributed by atoms with van der Waals surface area (Å²) in [6, 6.07) is 13.0. The zero-order valence-corrected chi connectivity index (χ0v) is 16.3. The normalized spacial score (nSPS) is 14.1. The third-order valence-corrected chi connectivity index (χ3v) is 5.03. The summed E-state index contributed by atoms with van der Waals surface area (Å²) in [6.07, 6.45) is 1.87. The first-order valence-corrected chi connectivity index (χ1v) is 9.25. The van der Waals surface area contributed by atoms with Gasteiger partial charge in [0.05, 0.1) is 28.6 Å². The molecule has 3 aromatic rings. The van der Waals surface area contributed by atoms with E-state index in [-0.39, 0.29) is 23.8 Å². The minimum absolute atomic E-state index is 0.237. The van der Waals surface area contributed by atoms with Crippen LogP contribution in [0.15, 0.2) is 54.7 Å². The molecule has 7 heteroatoms. The van der Waals surface area contributed by atoms with Gasteiger partial charge >= 0.3 is 0 Å². The molecule has 29 heavy (non-hydrogen) atoms. The van der Waals surface area contributed by atoms with E-state index < -0.39 is 0 Å². The van der Waals surface area contributed by atoms with E-state index in [0.717, 1.165) is 16.2 Å². The van der Waals surface area contributed by atoms with E-state index in [4.69, 9.17) is 0 Å². The predicted molar refractivity (Wildman–Crippen MR) is 108 cm³/mol. The van der Waals surface area contributed by atoms with Crippen molar-refractivity contribution in [3.05, 3.63) is 82.7 Å². The molecular formula is C22H20N4O3. The van der Waals surface area contributed by atoms with Crippen LogP contribution in [0.2, 0.25) is 0 Å². The lowest BCUT2D eigenvalue weighted by Crippen LogP contribution is -2.30. The number of rotatable bonds is 4. The number of hydrogen-bond acceptors (Lipinski definition) is 4. The minimum atomic E-state index is -0.387. The Kier molecular flexibility index (Phi) is 4.50. The summed E-state index contributed by atoms with van der Waals surface area (Å²) in [4.78, 5) is 39.2. The first-order valence-electron chi connectivity index (χ1n) is 9.25. The maximum absolute atomic E-state index is 12.8. The molecule has 0 saturated heterocycles. The molecule has 3 amide bonds. The van der Waals surface area contributed by atoms with Crippen molar-refractivity contribution in [3.63, 3.8) is 0 Å². The Labute approximate surface area is 167 Å². The molecule has 2 aromatic carbocycles. The first-order chi connectivity index (χ1) is 13.9. The molecule has 2 heterocycles. The van der Waals surface area contributed by atoms with Gasteiger partial charge in [-0.05, 0) is 44.2 Å². The molecule has 7 nitrogen and oxygen atoms in total. The molecule has 0 saturated carbocycles. The van der Waals surface area contributed by atoms with Crippen LogP contribution in [-0.2, 0) is 7.05 Å². The summed E-state index contributed by atoms with van der Waals surface area (Å²) in [5.74, 6) is -1.07. The number of carbonyl (C=O) groups is 3. The lowest BCUT2D eigenvalue weighted by Gasteiger charge is -2.16. The van der Waals surface area contributed by atoms with Crippen molar-refractivity contribution in [1.82, 2.24) is 15.1 Å². The molecule has 0 fully saturated rings. The Morgan fingerprint density at radius 3 is 2.28 bits per heavy atom. The monoisotopic (exact) mass is 388 g/mol. The molecule has 0 spiro atoms. The maximum Gasteiger partial charge on any atom is 0.266 e. The van der Waals surface area contributed by atoms with Crippen LogP contribution in [0.4, 0.5) is 5.69 Å². The SMILES string of the molecule is Cc1nn(C)cc1C(C)NC(=O)c1cccc(N2C(=O)c3ccccc3C2=O)c1. The van der Waals surface area contributed by atoms with E-state index in [2.05, 4.69) is 10.4 Å². The summed E-state index contributed by atoms with van der Waals surface area (Å²) in [7, 11) is 1.83. The number of carbonyl (C=O) groups excluding carboxylic acids is 3. The number of fused-ring (bicyclic) bond motifs is 1. The lowest BCUT2D eigenvalue weighted by atomic mass is 10.1. The predicted octanol–water partition coefficient (Wildman–Crippen LogP) is 3.02. The average molecular weight is 388 g/mol. The number of aromatic nitrogens is 2. The van der Waals surface area contributed by atoms with Crippen molar-refractivity contribution >= 4 is 23.4 Å². The van der Waals surface area contributed by atoms with Crippen molar-refractivity contribution < 1.29 is 14.4 Å². The van der Waals surface area contributed by atoms with Crippen LogP contribution < -0.4 is 10.2 Å². The van der Waals surface area contributed by atoms with Gasteiger partial charge in [0.15, 0.2) is 0 Å². The Bertz CT molecular complexity index is 1110. The molecule has 1 atom stereocenters. The van der Waals surface area contributed by atoms with Crippen LogP contribution in [0.1, 0.15) is 55.3 Å². The molecule has 1 N–H and O–H groups in total. The summed E-state index contributed by atoms with van der Waals surface area (Å²) >= 11 is 0. The summed E-state index contributed by atoms with van der Waals surface area (Å²) in [5.41, 5.74) is 3.25. The number of nitrogens with one attached hydrogen (secondary N) is 1. The van der Waals surface area contributed by atoms with Gasteiger partial charge in [-0.15, -0.1) is 0 Å². The van der Waals surface area contributed by atoms with Gasteiger partial charge in [0.2, 0.25) is 0 Å². The van der Waals surface area contributed by atoms with Gasteiger partial charge in [0.1, 0.15) is 0 Å². The van der Waals surface area contributed by atoms with E-state index in [1.165, 1.54) is 0 Å². The van der Waals surface area contributed by atoms with Gasteiger partial charge in [0, 0.05) is 24.4 Å². The number of amides is 3. The molecular weight excluding hydrogens is 368 g/mol. The Balaban J connectivity index is 1.58. The second kappa shape index (κ2) is 7.01. The summed E-state index contributed by atoms with van der Waals surface area (Å²) < 4.78 is 1.70. The fourth-order valence-corrected chi connectivity index (χ4v) is 3.61. The second-order valence-electron chi connectivity index (χ2n) is 7.08. The molecule has 1 aliphatic rings. The van der Waals surface area contributed by atoms with Crippen molar-refractivity contribution in [2.75, 3.05) is 4.90 Å². The highest BCUT2D eigenvalue weighted by Gasteiger charge is 2.36. The van der Waals surface area contributed by atoms with E-state index in [9.17, 15) is 14.4 Å². The highest BCUT2D eigenvalue weighted by atomic mass is 16.2. The second-order valence-corrected chi connectivity index (χ2v) is 7.08. The molecule has 0 bridgehead atoms. The Morgan fingerprint density at radius 1 is 1.03 bits per heavy atom. The minimum Gasteiger partial charge on any atom is -0.345 e. The average Bonchev–Trinajstić information content (AvgIpc) is 3.18. The third-order valence-electron chi connectivity index (χ3n) is 5.03. The van der Waals surface area contributed by atoms with Crippen LogP contribution in [0, 0.1) is 6.92 Å². The number of benzene rings is 2. The molecule has 146 valence electrons. The largest absolute Gasteiger partial charge is 0.345 e. The zero-order valence-electron chi connectivity index (χ0n) is 16.3. The maximum atomic E-state index is 12.8.